The van der Waals surface area contributed by atoms with Crippen LogP contribution in [-0.4, -0.2) is 16.7 Å². The van der Waals surface area contributed by atoms with Crippen molar-refractivity contribution in [1.29, 1.82) is 0 Å². The Morgan fingerprint density at radius 1 is 1.21 bits per heavy atom. The second-order valence-corrected chi connectivity index (χ2v) is 6.65. The highest BCUT2D eigenvalue weighted by molar-refractivity contribution is 5.14. The van der Waals surface area contributed by atoms with Crippen LogP contribution in [0.2, 0.25) is 0 Å². The van der Waals surface area contributed by atoms with Crippen molar-refractivity contribution in [3.05, 3.63) is 35.9 Å². The molecule has 3 atom stereocenters. The molecule has 0 bridgehead atoms. The molecule has 0 aliphatic heterocycles. The third-order valence-electron chi connectivity index (χ3n) is 4.60. The SMILES string of the molecule is CC1CCC(C(C)(C)NCc2ccccc2)C(O)C1. The normalized spacial score (nSPS) is 28.3. The molecule has 0 radical (unpaired) electrons. The maximum atomic E-state index is 10.3. The predicted molar refractivity (Wildman–Crippen MR) is 79.9 cm³/mol. The van der Waals surface area contributed by atoms with E-state index in [-0.39, 0.29) is 11.6 Å². The van der Waals surface area contributed by atoms with E-state index in [1.54, 1.807) is 0 Å². The second-order valence-electron chi connectivity index (χ2n) is 6.65. The van der Waals surface area contributed by atoms with Crippen LogP contribution < -0.4 is 5.32 Å². The summed E-state index contributed by atoms with van der Waals surface area (Å²) in [7, 11) is 0. The van der Waals surface area contributed by atoms with Gasteiger partial charge in [-0.05, 0) is 38.2 Å². The van der Waals surface area contributed by atoms with E-state index < -0.39 is 0 Å². The van der Waals surface area contributed by atoms with E-state index in [0.717, 1.165) is 19.4 Å². The summed E-state index contributed by atoms with van der Waals surface area (Å²) < 4.78 is 0. The molecule has 106 valence electrons. The van der Waals surface area contributed by atoms with E-state index in [4.69, 9.17) is 0 Å². The minimum atomic E-state index is -0.165. The van der Waals surface area contributed by atoms with Gasteiger partial charge in [0.05, 0.1) is 6.10 Å². The van der Waals surface area contributed by atoms with Crippen LogP contribution in [0.1, 0.15) is 45.6 Å². The molecule has 0 aromatic heterocycles. The van der Waals surface area contributed by atoms with Gasteiger partial charge in [-0.15, -0.1) is 0 Å². The number of aliphatic hydroxyl groups excluding tert-OH is 1. The lowest BCUT2D eigenvalue weighted by molar-refractivity contribution is 0.00555. The molecule has 19 heavy (non-hydrogen) atoms. The van der Waals surface area contributed by atoms with E-state index in [1.807, 2.05) is 6.07 Å². The molecule has 1 aromatic rings. The van der Waals surface area contributed by atoms with Crippen molar-refractivity contribution in [2.24, 2.45) is 11.8 Å². The van der Waals surface area contributed by atoms with Crippen molar-refractivity contribution in [3.8, 4) is 0 Å². The highest BCUT2D eigenvalue weighted by atomic mass is 16.3. The van der Waals surface area contributed by atoms with Crippen LogP contribution in [0.5, 0.6) is 0 Å². The fourth-order valence-corrected chi connectivity index (χ4v) is 3.25. The summed E-state index contributed by atoms with van der Waals surface area (Å²) in [5.74, 6) is 1.02. The monoisotopic (exact) mass is 261 g/mol. The van der Waals surface area contributed by atoms with Crippen LogP contribution in [0.25, 0.3) is 0 Å². The van der Waals surface area contributed by atoms with Crippen molar-refractivity contribution in [2.75, 3.05) is 0 Å². The van der Waals surface area contributed by atoms with Crippen LogP contribution in [0.4, 0.5) is 0 Å². The van der Waals surface area contributed by atoms with Crippen molar-refractivity contribution in [2.45, 2.75) is 58.2 Å². The summed E-state index contributed by atoms with van der Waals surface area (Å²) >= 11 is 0. The molecule has 0 saturated heterocycles. The van der Waals surface area contributed by atoms with Crippen LogP contribution in [0, 0.1) is 11.8 Å². The first-order valence-corrected chi connectivity index (χ1v) is 7.46. The molecule has 1 aliphatic rings. The van der Waals surface area contributed by atoms with Gasteiger partial charge in [0, 0.05) is 18.0 Å². The lowest BCUT2D eigenvalue weighted by Crippen LogP contribution is -2.51. The quantitative estimate of drug-likeness (QED) is 0.871. The Balaban J connectivity index is 1.94. The van der Waals surface area contributed by atoms with E-state index >= 15 is 0 Å². The summed E-state index contributed by atoms with van der Waals surface area (Å²) in [6.07, 6.45) is 3.14. The molecule has 1 aliphatic carbocycles. The number of hydrogen-bond acceptors (Lipinski definition) is 2. The number of aliphatic hydroxyl groups is 1. The Morgan fingerprint density at radius 2 is 1.89 bits per heavy atom. The maximum Gasteiger partial charge on any atom is 0.0588 e. The number of nitrogens with one attached hydrogen (secondary N) is 1. The van der Waals surface area contributed by atoms with Gasteiger partial charge in [-0.1, -0.05) is 43.7 Å². The summed E-state index contributed by atoms with van der Waals surface area (Å²) in [5, 5.41) is 14.0. The molecule has 2 rings (SSSR count). The largest absolute Gasteiger partial charge is 0.393 e. The van der Waals surface area contributed by atoms with Crippen molar-refractivity contribution in [3.63, 3.8) is 0 Å². The Bertz CT molecular complexity index is 388. The first-order valence-electron chi connectivity index (χ1n) is 7.46. The minimum absolute atomic E-state index is 0.0185. The van der Waals surface area contributed by atoms with Gasteiger partial charge in [-0.25, -0.2) is 0 Å². The summed E-state index contributed by atoms with van der Waals surface area (Å²) in [5.41, 5.74) is 1.28. The van der Waals surface area contributed by atoms with E-state index in [1.165, 1.54) is 12.0 Å². The van der Waals surface area contributed by atoms with E-state index in [2.05, 4.69) is 50.4 Å². The van der Waals surface area contributed by atoms with Gasteiger partial charge in [0.15, 0.2) is 0 Å². The standard InChI is InChI=1S/C17H27NO/c1-13-9-10-15(16(19)11-13)17(2,3)18-12-14-7-5-4-6-8-14/h4-8,13,15-16,18-19H,9-12H2,1-3H3. The lowest BCUT2D eigenvalue weighted by atomic mass is 9.72. The molecule has 2 nitrogen and oxygen atoms in total. The molecule has 2 heteroatoms. The number of rotatable bonds is 4. The molecule has 1 fully saturated rings. The summed E-state index contributed by atoms with van der Waals surface area (Å²) in [6, 6.07) is 10.5. The van der Waals surface area contributed by atoms with Crippen molar-refractivity contribution < 1.29 is 5.11 Å². The molecule has 0 heterocycles. The zero-order chi connectivity index (χ0) is 13.9. The third-order valence-corrected chi connectivity index (χ3v) is 4.60. The zero-order valence-corrected chi connectivity index (χ0v) is 12.4. The first kappa shape index (κ1) is 14.5. The molecule has 3 unspecified atom stereocenters. The average molecular weight is 261 g/mol. The maximum absolute atomic E-state index is 10.3. The predicted octanol–water partition coefficient (Wildman–Crippen LogP) is 3.35. The molecule has 0 spiro atoms. The number of hydrogen-bond donors (Lipinski definition) is 2. The summed E-state index contributed by atoms with van der Waals surface area (Å²) in [6.45, 7) is 7.55. The van der Waals surface area contributed by atoms with Crippen molar-refractivity contribution in [1.82, 2.24) is 5.32 Å². The number of benzene rings is 1. The first-order chi connectivity index (χ1) is 8.99. The van der Waals surface area contributed by atoms with E-state index in [9.17, 15) is 5.11 Å². The van der Waals surface area contributed by atoms with Crippen molar-refractivity contribution >= 4 is 0 Å². The van der Waals surface area contributed by atoms with Gasteiger partial charge < -0.3 is 10.4 Å². The van der Waals surface area contributed by atoms with Gasteiger partial charge in [0.25, 0.3) is 0 Å². The lowest BCUT2D eigenvalue weighted by Gasteiger charge is -2.42. The molecule has 1 saturated carbocycles. The molecular formula is C17H27NO. The highest BCUT2D eigenvalue weighted by Gasteiger charge is 2.37. The van der Waals surface area contributed by atoms with Gasteiger partial charge in [-0.3, -0.25) is 0 Å². The highest BCUT2D eigenvalue weighted by Crippen LogP contribution is 2.35. The zero-order valence-electron chi connectivity index (χ0n) is 12.4. The average Bonchev–Trinajstić information content (AvgIpc) is 2.37. The Labute approximate surface area is 117 Å². The molecule has 0 amide bonds. The fraction of sp³-hybridized carbons (Fsp3) is 0.647. The topological polar surface area (TPSA) is 32.3 Å². The van der Waals surface area contributed by atoms with Crippen LogP contribution in [0.15, 0.2) is 30.3 Å². The van der Waals surface area contributed by atoms with Crippen LogP contribution in [-0.2, 0) is 6.54 Å². The molecular weight excluding hydrogens is 234 g/mol. The Kier molecular flexibility index (Phi) is 4.64. The molecule has 1 aromatic carbocycles. The van der Waals surface area contributed by atoms with E-state index in [0.29, 0.717) is 11.8 Å². The van der Waals surface area contributed by atoms with Gasteiger partial charge in [0.2, 0.25) is 0 Å². The van der Waals surface area contributed by atoms with Crippen LogP contribution in [0.3, 0.4) is 0 Å². The second kappa shape index (κ2) is 6.06. The van der Waals surface area contributed by atoms with Crippen LogP contribution >= 0.6 is 0 Å². The third kappa shape index (κ3) is 3.80. The minimum Gasteiger partial charge on any atom is -0.393 e. The smallest absolute Gasteiger partial charge is 0.0588 e. The van der Waals surface area contributed by atoms with Gasteiger partial charge in [0.1, 0.15) is 0 Å². The fourth-order valence-electron chi connectivity index (χ4n) is 3.25. The van der Waals surface area contributed by atoms with Gasteiger partial charge in [-0.2, -0.15) is 0 Å². The Hall–Kier alpha value is -0.860. The molecule has 2 N–H and O–H groups in total. The Morgan fingerprint density at radius 3 is 2.53 bits per heavy atom. The van der Waals surface area contributed by atoms with Gasteiger partial charge >= 0.3 is 0 Å². The summed E-state index contributed by atoms with van der Waals surface area (Å²) in [4.78, 5) is 0.